The summed E-state index contributed by atoms with van der Waals surface area (Å²) in [6.07, 6.45) is 1.86. The van der Waals surface area contributed by atoms with E-state index < -0.39 is 0 Å². The summed E-state index contributed by atoms with van der Waals surface area (Å²) in [6.45, 7) is 3.21. The number of rotatable bonds is 6. The molecule has 104 valence electrons. The molecular weight excluding hydrogens is 248 g/mol. The predicted octanol–water partition coefficient (Wildman–Crippen LogP) is 3.53. The average Bonchev–Trinajstić information content (AvgIpc) is 2.51. The van der Waals surface area contributed by atoms with Crippen molar-refractivity contribution in [2.24, 2.45) is 5.92 Å². The van der Waals surface area contributed by atoms with Crippen molar-refractivity contribution in [1.29, 1.82) is 5.26 Å². The highest BCUT2D eigenvalue weighted by Crippen LogP contribution is 2.26. The van der Waals surface area contributed by atoms with E-state index in [0.29, 0.717) is 11.5 Å². The molecule has 0 saturated heterocycles. The van der Waals surface area contributed by atoms with Gasteiger partial charge in [0.15, 0.2) is 0 Å². The molecular formula is C17H20N2O. The molecule has 3 heteroatoms. The van der Waals surface area contributed by atoms with Gasteiger partial charge >= 0.3 is 0 Å². The van der Waals surface area contributed by atoms with Gasteiger partial charge in [-0.1, -0.05) is 37.6 Å². The van der Waals surface area contributed by atoms with Gasteiger partial charge in [-0.2, -0.15) is 5.26 Å². The molecule has 2 N–H and O–H groups in total. The maximum Gasteiger partial charge on any atom is 0.0998 e. The van der Waals surface area contributed by atoms with Gasteiger partial charge in [0, 0.05) is 29.6 Å². The molecule has 0 saturated carbocycles. The van der Waals surface area contributed by atoms with Crippen LogP contribution >= 0.6 is 0 Å². The number of nitrogens with one attached hydrogen (secondary N) is 1. The van der Waals surface area contributed by atoms with Crippen molar-refractivity contribution in [3.05, 3.63) is 42.0 Å². The largest absolute Gasteiger partial charge is 0.396 e. The molecule has 0 heterocycles. The molecule has 0 amide bonds. The van der Waals surface area contributed by atoms with E-state index in [1.54, 1.807) is 0 Å². The van der Waals surface area contributed by atoms with Crippen LogP contribution in [-0.4, -0.2) is 18.3 Å². The van der Waals surface area contributed by atoms with Crippen LogP contribution in [0.2, 0.25) is 0 Å². The Kier molecular flexibility index (Phi) is 4.97. The summed E-state index contributed by atoms with van der Waals surface area (Å²) >= 11 is 0. The second-order valence-electron chi connectivity index (χ2n) is 4.99. The molecule has 0 aliphatic rings. The van der Waals surface area contributed by atoms with Gasteiger partial charge in [0.2, 0.25) is 0 Å². The van der Waals surface area contributed by atoms with Crippen LogP contribution in [0.3, 0.4) is 0 Å². The lowest BCUT2D eigenvalue weighted by molar-refractivity contribution is 0.258. The van der Waals surface area contributed by atoms with Crippen LogP contribution < -0.4 is 5.32 Å². The number of anilines is 1. The Morgan fingerprint density at radius 1 is 1.20 bits per heavy atom. The van der Waals surface area contributed by atoms with Gasteiger partial charge in [-0.05, 0) is 24.5 Å². The number of aliphatic hydroxyl groups excluding tert-OH is 1. The zero-order valence-corrected chi connectivity index (χ0v) is 11.8. The highest BCUT2D eigenvalue weighted by molar-refractivity contribution is 5.97. The minimum Gasteiger partial charge on any atom is -0.396 e. The molecule has 2 aromatic rings. The average molecular weight is 268 g/mol. The summed E-state index contributed by atoms with van der Waals surface area (Å²) in [5.74, 6) is 0.467. The van der Waals surface area contributed by atoms with E-state index in [-0.39, 0.29) is 6.61 Å². The Morgan fingerprint density at radius 2 is 1.95 bits per heavy atom. The van der Waals surface area contributed by atoms with Crippen LogP contribution in [0.4, 0.5) is 5.69 Å². The maximum atomic E-state index is 9.15. The predicted molar refractivity (Wildman–Crippen MR) is 82.6 cm³/mol. The maximum absolute atomic E-state index is 9.15. The van der Waals surface area contributed by atoms with Gasteiger partial charge in [0.1, 0.15) is 0 Å². The van der Waals surface area contributed by atoms with Crippen LogP contribution in [0, 0.1) is 17.2 Å². The fraction of sp³-hybridized carbons (Fsp3) is 0.353. The van der Waals surface area contributed by atoms with Crippen LogP contribution in [-0.2, 0) is 0 Å². The monoisotopic (exact) mass is 268 g/mol. The van der Waals surface area contributed by atoms with Crippen molar-refractivity contribution in [2.45, 2.75) is 19.8 Å². The molecule has 0 aliphatic heterocycles. The van der Waals surface area contributed by atoms with E-state index in [4.69, 9.17) is 10.4 Å². The lowest BCUT2D eigenvalue weighted by atomic mass is 10.0. The highest BCUT2D eigenvalue weighted by Gasteiger charge is 2.08. The van der Waals surface area contributed by atoms with E-state index in [0.717, 1.165) is 35.8 Å². The molecule has 0 fully saturated rings. The van der Waals surface area contributed by atoms with E-state index in [1.165, 1.54) is 0 Å². The summed E-state index contributed by atoms with van der Waals surface area (Å²) in [5.41, 5.74) is 1.75. The summed E-state index contributed by atoms with van der Waals surface area (Å²) in [4.78, 5) is 0. The Bertz CT molecular complexity index is 616. The number of nitrogens with zero attached hydrogens (tertiary/aromatic N) is 1. The highest BCUT2D eigenvalue weighted by atomic mass is 16.3. The molecule has 2 aromatic carbocycles. The molecule has 1 atom stereocenters. The van der Waals surface area contributed by atoms with Crippen molar-refractivity contribution in [1.82, 2.24) is 0 Å². The van der Waals surface area contributed by atoms with Crippen LogP contribution in [0.5, 0.6) is 0 Å². The van der Waals surface area contributed by atoms with E-state index in [9.17, 15) is 0 Å². The number of fused-ring (bicyclic) bond motifs is 1. The lowest BCUT2D eigenvalue weighted by Crippen LogP contribution is -2.15. The summed E-state index contributed by atoms with van der Waals surface area (Å²) in [5, 5.41) is 23.7. The van der Waals surface area contributed by atoms with Gasteiger partial charge < -0.3 is 10.4 Å². The van der Waals surface area contributed by atoms with E-state index in [1.807, 2.05) is 36.4 Å². The molecule has 0 spiro atoms. The number of hydrogen-bond acceptors (Lipinski definition) is 3. The van der Waals surface area contributed by atoms with Gasteiger partial charge in [0.25, 0.3) is 0 Å². The molecule has 0 bridgehead atoms. The number of nitriles is 1. The molecule has 0 aromatic heterocycles. The van der Waals surface area contributed by atoms with Crippen LogP contribution in [0.15, 0.2) is 36.4 Å². The smallest absolute Gasteiger partial charge is 0.0998 e. The zero-order chi connectivity index (χ0) is 14.4. The molecule has 1 unspecified atom stereocenters. The number of benzene rings is 2. The lowest BCUT2D eigenvalue weighted by Gasteiger charge is -2.17. The first-order valence-corrected chi connectivity index (χ1v) is 7.06. The normalized spacial score (nSPS) is 12.1. The minimum absolute atomic E-state index is 0.230. The Balaban J connectivity index is 2.25. The van der Waals surface area contributed by atoms with Gasteiger partial charge in [-0.25, -0.2) is 0 Å². The third-order valence-corrected chi connectivity index (χ3v) is 3.74. The first-order chi connectivity index (χ1) is 9.80. The van der Waals surface area contributed by atoms with Crippen LogP contribution in [0.1, 0.15) is 25.3 Å². The third kappa shape index (κ3) is 3.09. The Labute approximate surface area is 119 Å². The van der Waals surface area contributed by atoms with Gasteiger partial charge in [-0.3, -0.25) is 0 Å². The molecule has 20 heavy (non-hydrogen) atoms. The number of aliphatic hydroxyl groups is 1. The standard InChI is InChI=1S/C17H20N2O/c1-2-13(9-10-20)12-19-17-8-7-14(11-18)15-5-3-4-6-16(15)17/h3-8,13,19-20H,2,9-10,12H2,1H3. The topological polar surface area (TPSA) is 56.0 Å². The Hall–Kier alpha value is -2.05. The van der Waals surface area contributed by atoms with E-state index in [2.05, 4.69) is 18.3 Å². The van der Waals surface area contributed by atoms with Gasteiger partial charge in [-0.15, -0.1) is 0 Å². The zero-order valence-electron chi connectivity index (χ0n) is 11.8. The van der Waals surface area contributed by atoms with Crippen molar-refractivity contribution < 1.29 is 5.11 Å². The summed E-state index contributed by atoms with van der Waals surface area (Å²) in [6, 6.07) is 14.0. The first-order valence-electron chi connectivity index (χ1n) is 7.06. The molecule has 0 radical (unpaired) electrons. The van der Waals surface area contributed by atoms with Crippen LogP contribution in [0.25, 0.3) is 10.8 Å². The van der Waals surface area contributed by atoms with Crippen molar-refractivity contribution in [3.63, 3.8) is 0 Å². The van der Waals surface area contributed by atoms with Crippen molar-refractivity contribution in [2.75, 3.05) is 18.5 Å². The second-order valence-corrected chi connectivity index (χ2v) is 4.99. The minimum atomic E-state index is 0.230. The third-order valence-electron chi connectivity index (χ3n) is 3.74. The molecule has 3 nitrogen and oxygen atoms in total. The fourth-order valence-corrected chi connectivity index (χ4v) is 2.44. The molecule has 0 aliphatic carbocycles. The van der Waals surface area contributed by atoms with E-state index >= 15 is 0 Å². The number of hydrogen-bond donors (Lipinski definition) is 2. The Morgan fingerprint density at radius 3 is 2.60 bits per heavy atom. The van der Waals surface area contributed by atoms with Crippen molar-refractivity contribution >= 4 is 16.5 Å². The quantitative estimate of drug-likeness (QED) is 0.842. The second kappa shape index (κ2) is 6.93. The first kappa shape index (κ1) is 14.4. The molecule has 2 rings (SSSR count). The summed E-state index contributed by atoms with van der Waals surface area (Å²) < 4.78 is 0. The fourth-order valence-electron chi connectivity index (χ4n) is 2.44. The summed E-state index contributed by atoms with van der Waals surface area (Å²) in [7, 11) is 0. The van der Waals surface area contributed by atoms with Crippen molar-refractivity contribution in [3.8, 4) is 6.07 Å². The van der Waals surface area contributed by atoms with Gasteiger partial charge in [0.05, 0.1) is 11.6 Å². The SMILES string of the molecule is CCC(CCO)CNc1ccc(C#N)c2ccccc12.